The van der Waals surface area contributed by atoms with Crippen LogP contribution in [0.25, 0.3) is 0 Å². The van der Waals surface area contributed by atoms with Crippen molar-refractivity contribution < 1.29 is 4.74 Å². The number of likely N-dealkylation sites (N-methyl/N-ethyl adjacent to an activating group) is 1. The van der Waals surface area contributed by atoms with Gasteiger partial charge in [0, 0.05) is 29.0 Å². The van der Waals surface area contributed by atoms with Crippen molar-refractivity contribution in [1.29, 1.82) is 0 Å². The Bertz CT molecular complexity index is 393. The van der Waals surface area contributed by atoms with E-state index in [1.807, 2.05) is 6.07 Å². The minimum Gasteiger partial charge on any atom is -0.398 e. The standard InChI is InChI=1S/C14H21IN2O/c1-17(6-7-18-10-11-2-3-11)9-12-4-5-14(16)13(15)8-12/h4-5,8,11H,2-3,6-7,9-10,16H2,1H3. The van der Waals surface area contributed by atoms with E-state index in [1.54, 1.807) is 0 Å². The number of hydrogen-bond acceptors (Lipinski definition) is 3. The maximum atomic E-state index is 5.81. The van der Waals surface area contributed by atoms with Crippen molar-refractivity contribution in [1.82, 2.24) is 4.90 Å². The van der Waals surface area contributed by atoms with E-state index in [0.29, 0.717) is 0 Å². The first-order valence-electron chi connectivity index (χ1n) is 6.45. The van der Waals surface area contributed by atoms with Crippen LogP contribution in [0.4, 0.5) is 5.69 Å². The molecule has 0 aromatic heterocycles. The summed E-state index contributed by atoms with van der Waals surface area (Å²) in [6.07, 6.45) is 2.72. The van der Waals surface area contributed by atoms with Gasteiger partial charge >= 0.3 is 0 Å². The molecule has 1 saturated carbocycles. The molecule has 18 heavy (non-hydrogen) atoms. The maximum Gasteiger partial charge on any atom is 0.0593 e. The Hall–Kier alpha value is -0.330. The van der Waals surface area contributed by atoms with Crippen molar-refractivity contribution in [2.45, 2.75) is 19.4 Å². The second-order valence-electron chi connectivity index (χ2n) is 5.11. The molecule has 0 amide bonds. The van der Waals surface area contributed by atoms with Crippen LogP contribution < -0.4 is 5.73 Å². The molecule has 0 aliphatic heterocycles. The van der Waals surface area contributed by atoms with Crippen molar-refractivity contribution in [2.24, 2.45) is 5.92 Å². The molecule has 100 valence electrons. The predicted molar refractivity (Wildman–Crippen MR) is 83.4 cm³/mol. The molecule has 3 nitrogen and oxygen atoms in total. The van der Waals surface area contributed by atoms with Crippen LogP contribution in [0.2, 0.25) is 0 Å². The van der Waals surface area contributed by atoms with Gasteiger partial charge in [-0.2, -0.15) is 0 Å². The van der Waals surface area contributed by atoms with Crippen LogP contribution in [0.15, 0.2) is 18.2 Å². The Morgan fingerprint density at radius 3 is 2.89 bits per heavy atom. The Morgan fingerprint density at radius 2 is 2.22 bits per heavy atom. The first-order chi connectivity index (χ1) is 8.65. The Morgan fingerprint density at radius 1 is 1.44 bits per heavy atom. The molecule has 0 unspecified atom stereocenters. The Kier molecular flexibility index (Phi) is 5.26. The van der Waals surface area contributed by atoms with Crippen molar-refractivity contribution in [2.75, 3.05) is 32.5 Å². The van der Waals surface area contributed by atoms with Crippen LogP contribution in [0.3, 0.4) is 0 Å². The second-order valence-corrected chi connectivity index (χ2v) is 6.27. The minimum atomic E-state index is 0.832. The highest BCUT2D eigenvalue weighted by Crippen LogP contribution is 2.28. The van der Waals surface area contributed by atoms with E-state index >= 15 is 0 Å². The van der Waals surface area contributed by atoms with E-state index < -0.39 is 0 Å². The molecule has 2 N–H and O–H groups in total. The molecule has 0 spiro atoms. The smallest absolute Gasteiger partial charge is 0.0593 e. The van der Waals surface area contributed by atoms with Crippen LogP contribution in [-0.2, 0) is 11.3 Å². The topological polar surface area (TPSA) is 38.5 Å². The Labute approximate surface area is 123 Å². The van der Waals surface area contributed by atoms with Gasteiger partial charge in [0.25, 0.3) is 0 Å². The molecule has 0 saturated heterocycles. The number of rotatable bonds is 7. The lowest BCUT2D eigenvalue weighted by molar-refractivity contribution is 0.102. The van der Waals surface area contributed by atoms with Gasteiger partial charge in [0.2, 0.25) is 0 Å². The van der Waals surface area contributed by atoms with E-state index in [4.69, 9.17) is 10.5 Å². The molecule has 0 bridgehead atoms. The zero-order valence-electron chi connectivity index (χ0n) is 10.9. The summed E-state index contributed by atoms with van der Waals surface area (Å²) in [4.78, 5) is 2.29. The number of halogens is 1. The highest BCUT2D eigenvalue weighted by molar-refractivity contribution is 14.1. The van der Waals surface area contributed by atoms with Crippen LogP contribution in [0.1, 0.15) is 18.4 Å². The van der Waals surface area contributed by atoms with E-state index in [2.05, 4.69) is 46.7 Å². The van der Waals surface area contributed by atoms with E-state index in [-0.39, 0.29) is 0 Å². The molecular formula is C14H21IN2O. The minimum absolute atomic E-state index is 0.832. The normalized spacial score (nSPS) is 15.3. The molecule has 1 aromatic carbocycles. The maximum absolute atomic E-state index is 5.81. The zero-order valence-corrected chi connectivity index (χ0v) is 13.0. The first-order valence-corrected chi connectivity index (χ1v) is 7.53. The lowest BCUT2D eigenvalue weighted by Crippen LogP contribution is -2.23. The van der Waals surface area contributed by atoms with Gasteiger partial charge in [-0.1, -0.05) is 6.07 Å². The predicted octanol–water partition coefficient (Wildman–Crippen LogP) is 2.73. The van der Waals surface area contributed by atoms with Gasteiger partial charge in [-0.3, -0.25) is 4.90 Å². The first kappa shape index (κ1) is 14.1. The van der Waals surface area contributed by atoms with Gasteiger partial charge < -0.3 is 10.5 Å². The van der Waals surface area contributed by atoms with Gasteiger partial charge in [-0.05, 0) is 66.1 Å². The summed E-state index contributed by atoms with van der Waals surface area (Å²) >= 11 is 2.28. The van der Waals surface area contributed by atoms with Gasteiger partial charge in [0.1, 0.15) is 0 Å². The summed E-state index contributed by atoms with van der Waals surface area (Å²) in [6, 6.07) is 6.23. The molecule has 1 aliphatic rings. The van der Waals surface area contributed by atoms with Gasteiger partial charge in [0.05, 0.1) is 6.61 Å². The molecule has 2 rings (SSSR count). The third-order valence-electron chi connectivity index (χ3n) is 3.19. The average molecular weight is 360 g/mol. The summed E-state index contributed by atoms with van der Waals surface area (Å²) in [7, 11) is 2.13. The van der Waals surface area contributed by atoms with Crippen LogP contribution >= 0.6 is 22.6 Å². The third-order valence-corrected chi connectivity index (χ3v) is 4.12. The molecule has 1 aromatic rings. The van der Waals surface area contributed by atoms with Crippen LogP contribution in [0.5, 0.6) is 0 Å². The van der Waals surface area contributed by atoms with E-state index in [9.17, 15) is 0 Å². The number of benzene rings is 1. The SMILES string of the molecule is CN(CCOCC1CC1)Cc1ccc(N)c(I)c1. The summed E-state index contributed by atoms with van der Waals surface area (Å²) in [5, 5.41) is 0. The summed E-state index contributed by atoms with van der Waals surface area (Å²) in [5.41, 5.74) is 7.97. The van der Waals surface area contributed by atoms with Crippen LogP contribution in [-0.4, -0.2) is 31.7 Å². The molecule has 0 atom stereocenters. The largest absolute Gasteiger partial charge is 0.398 e. The van der Waals surface area contributed by atoms with E-state index in [0.717, 1.165) is 41.5 Å². The fourth-order valence-corrected chi connectivity index (χ4v) is 2.39. The van der Waals surface area contributed by atoms with Crippen molar-refractivity contribution in [3.8, 4) is 0 Å². The molecule has 0 heterocycles. The second kappa shape index (κ2) is 6.73. The zero-order chi connectivity index (χ0) is 13.0. The molecule has 4 heteroatoms. The molecule has 1 aliphatic carbocycles. The molecular weight excluding hydrogens is 339 g/mol. The number of nitrogens with two attached hydrogens (primary N) is 1. The molecule has 0 radical (unpaired) electrons. The average Bonchev–Trinajstić information content (AvgIpc) is 3.14. The fourth-order valence-electron chi connectivity index (χ4n) is 1.81. The number of ether oxygens (including phenoxy) is 1. The highest BCUT2D eigenvalue weighted by Gasteiger charge is 2.20. The summed E-state index contributed by atoms with van der Waals surface area (Å²) in [6.45, 7) is 3.71. The quantitative estimate of drug-likeness (QED) is 0.462. The van der Waals surface area contributed by atoms with Crippen molar-refractivity contribution in [3.63, 3.8) is 0 Å². The van der Waals surface area contributed by atoms with E-state index in [1.165, 1.54) is 18.4 Å². The number of hydrogen-bond donors (Lipinski definition) is 1. The molecule has 1 fully saturated rings. The van der Waals surface area contributed by atoms with Crippen molar-refractivity contribution in [3.05, 3.63) is 27.3 Å². The summed E-state index contributed by atoms with van der Waals surface area (Å²) < 4.78 is 6.77. The van der Waals surface area contributed by atoms with Crippen LogP contribution in [0, 0.1) is 9.49 Å². The fraction of sp³-hybridized carbons (Fsp3) is 0.571. The van der Waals surface area contributed by atoms with Gasteiger partial charge in [-0.15, -0.1) is 0 Å². The number of anilines is 1. The van der Waals surface area contributed by atoms with Crippen molar-refractivity contribution >= 4 is 28.3 Å². The van der Waals surface area contributed by atoms with Gasteiger partial charge in [0.15, 0.2) is 0 Å². The lowest BCUT2D eigenvalue weighted by Gasteiger charge is -2.17. The number of nitrogens with zero attached hydrogens (tertiary/aromatic N) is 1. The van der Waals surface area contributed by atoms with Gasteiger partial charge in [-0.25, -0.2) is 0 Å². The number of nitrogen functional groups attached to an aromatic ring is 1. The Balaban J connectivity index is 1.68. The monoisotopic (exact) mass is 360 g/mol. The third kappa shape index (κ3) is 4.74. The highest BCUT2D eigenvalue weighted by atomic mass is 127. The summed E-state index contributed by atoms with van der Waals surface area (Å²) in [5.74, 6) is 0.856. The lowest BCUT2D eigenvalue weighted by atomic mass is 10.2.